The molecule has 1 rings (SSSR count). The van der Waals surface area contributed by atoms with Gasteiger partial charge in [-0.25, -0.2) is 0 Å². The standard InChI is InChI=1S/C7H7O.In/c1-8-7-5-3-2-4-6-7;/h2-6H,1H2;. The molecule has 9 heavy (non-hydrogen) atoms. The molecule has 44 valence electrons. The monoisotopic (exact) mass is 222 g/mol. The number of ether oxygens (including phenoxy) is 1. The predicted molar refractivity (Wildman–Crippen MR) is 37.7 cm³/mol. The molecule has 0 fully saturated rings. The number of para-hydroxylation sites is 1. The predicted octanol–water partition coefficient (Wildman–Crippen LogP) is 1.19. The summed E-state index contributed by atoms with van der Waals surface area (Å²) in [6.07, 6.45) is 0. The van der Waals surface area contributed by atoms with Crippen LogP contribution in [0.3, 0.4) is 0 Å². The first-order chi connectivity index (χ1) is 4.43. The second kappa shape index (κ2) is 3.83. The fourth-order valence-corrected chi connectivity index (χ4v) is 1.16. The summed E-state index contributed by atoms with van der Waals surface area (Å²) < 4.78 is 6.13. The molecule has 2 heteroatoms. The molecular weight excluding hydrogens is 215 g/mol. The van der Waals surface area contributed by atoms with Crippen molar-refractivity contribution in [3.05, 3.63) is 30.3 Å². The van der Waals surface area contributed by atoms with Gasteiger partial charge in [0.05, 0.1) is 0 Å². The molecular formula is C7H7InO. The summed E-state index contributed by atoms with van der Waals surface area (Å²) in [6, 6.07) is 9.88. The molecule has 1 aromatic carbocycles. The van der Waals surface area contributed by atoms with Crippen LogP contribution in [0.2, 0.25) is 0 Å². The Bertz CT molecular complexity index is 162. The van der Waals surface area contributed by atoms with E-state index in [0.29, 0.717) is 0 Å². The van der Waals surface area contributed by atoms with Gasteiger partial charge < -0.3 is 0 Å². The van der Waals surface area contributed by atoms with Gasteiger partial charge >= 0.3 is 69.6 Å². The number of hydrogen-bond donors (Lipinski definition) is 0. The molecule has 1 nitrogen and oxygen atoms in total. The Morgan fingerprint density at radius 3 is 2.44 bits per heavy atom. The van der Waals surface area contributed by atoms with E-state index in [1.54, 1.807) is 0 Å². The molecule has 0 bridgehead atoms. The molecule has 0 aliphatic heterocycles. The third-order valence-electron chi connectivity index (χ3n) is 0.993. The normalized spacial score (nSPS) is 8.89. The number of hydrogen-bond acceptors (Lipinski definition) is 1. The molecule has 0 heterocycles. The fraction of sp³-hybridized carbons (Fsp3) is 0.143. The van der Waals surface area contributed by atoms with E-state index in [2.05, 4.69) is 0 Å². The van der Waals surface area contributed by atoms with Crippen molar-refractivity contribution in [3.8, 4) is 5.75 Å². The SMILES string of the molecule is [In][CH2]Oc1ccccc1. The van der Waals surface area contributed by atoms with Crippen molar-refractivity contribution in [1.82, 2.24) is 0 Å². The molecule has 0 spiro atoms. The van der Waals surface area contributed by atoms with Crippen LogP contribution in [-0.4, -0.2) is 28.7 Å². The first-order valence-corrected chi connectivity index (χ1v) is 5.14. The average Bonchev–Trinajstić information content (AvgIpc) is 1.91. The van der Waals surface area contributed by atoms with E-state index in [1.807, 2.05) is 30.3 Å². The summed E-state index contributed by atoms with van der Waals surface area (Å²) >= 11 is 1.16. The minimum absolute atomic E-state index is 0.870. The average molecular weight is 222 g/mol. The maximum atomic E-state index is 5.26. The van der Waals surface area contributed by atoms with E-state index in [0.717, 1.165) is 34.5 Å². The van der Waals surface area contributed by atoms with Gasteiger partial charge in [0, 0.05) is 0 Å². The summed E-state index contributed by atoms with van der Waals surface area (Å²) in [4.78, 5) is 0. The molecule has 0 aliphatic rings. The van der Waals surface area contributed by atoms with Crippen LogP contribution in [0.15, 0.2) is 30.3 Å². The number of rotatable bonds is 2. The first kappa shape index (κ1) is 7.00. The van der Waals surface area contributed by atoms with Crippen molar-refractivity contribution in [3.63, 3.8) is 0 Å². The van der Waals surface area contributed by atoms with Gasteiger partial charge in [-0.3, -0.25) is 0 Å². The quantitative estimate of drug-likeness (QED) is 0.730. The van der Waals surface area contributed by atoms with E-state index in [-0.39, 0.29) is 0 Å². The van der Waals surface area contributed by atoms with Crippen LogP contribution in [0.5, 0.6) is 5.75 Å². The van der Waals surface area contributed by atoms with Gasteiger partial charge in [-0.05, 0) is 0 Å². The van der Waals surface area contributed by atoms with Gasteiger partial charge in [0.15, 0.2) is 0 Å². The van der Waals surface area contributed by atoms with Crippen molar-refractivity contribution in [2.45, 2.75) is 0 Å². The van der Waals surface area contributed by atoms with Crippen molar-refractivity contribution in [2.24, 2.45) is 0 Å². The van der Waals surface area contributed by atoms with Gasteiger partial charge in [0.1, 0.15) is 0 Å². The van der Waals surface area contributed by atoms with Crippen LogP contribution in [0.25, 0.3) is 0 Å². The molecule has 0 atom stereocenters. The second-order valence-electron chi connectivity index (χ2n) is 1.62. The van der Waals surface area contributed by atoms with Gasteiger partial charge in [-0.15, -0.1) is 0 Å². The Labute approximate surface area is 69.6 Å². The van der Waals surface area contributed by atoms with Gasteiger partial charge in [0.2, 0.25) is 0 Å². The Kier molecular flexibility index (Phi) is 2.98. The molecule has 0 saturated carbocycles. The molecule has 1 aromatic rings. The molecule has 0 saturated heterocycles. The van der Waals surface area contributed by atoms with Crippen LogP contribution in [-0.2, 0) is 0 Å². The molecule has 0 aromatic heterocycles. The van der Waals surface area contributed by atoms with Crippen LogP contribution in [0, 0.1) is 0 Å². The summed E-state index contributed by atoms with van der Waals surface area (Å²) in [5.74, 6) is 0.977. The Hall–Kier alpha value is -0.110. The van der Waals surface area contributed by atoms with Crippen LogP contribution >= 0.6 is 0 Å². The number of benzene rings is 1. The van der Waals surface area contributed by atoms with E-state index < -0.39 is 0 Å². The summed E-state index contributed by atoms with van der Waals surface area (Å²) in [5.41, 5.74) is 0. The zero-order chi connectivity index (χ0) is 6.53. The summed E-state index contributed by atoms with van der Waals surface area (Å²) in [5, 5.41) is 0. The topological polar surface area (TPSA) is 9.23 Å². The van der Waals surface area contributed by atoms with Crippen molar-refractivity contribution in [1.29, 1.82) is 0 Å². The molecule has 0 N–H and O–H groups in total. The van der Waals surface area contributed by atoms with E-state index in [9.17, 15) is 0 Å². The van der Waals surface area contributed by atoms with Crippen LogP contribution < -0.4 is 4.74 Å². The van der Waals surface area contributed by atoms with Crippen molar-refractivity contribution >= 4 is 24.4 Å². The Morgan fingerprint density at radius 2 is 1.89 bits per heavy atom. The molecule has 0 amide bonds. The van der Waals surface area contributed by atoms with E-state index in [4.69, 9.17) is 4.74 Å². The Morgan fingerprint density at radius 1 is 1.22 bits per heavy atom. The zero-order valence-electron chi connectivity index (χ0n) is 5.08. The molecule has 0 unspecified atom stereocenters. The van der Waals surface area contributed by atoms with Gasteiger partial charge in [-0.2, -0.15) is 0 Å². The third kappa shape index (κ3) is 2.31. The maximum absolute atomic E-state index is 5.26. The molecule has 0 aliphatic carbocycles. The van der Waals surface area contributed by atoms with Crippen molar-refractivity contribution < 1.29 is 4.74 Å². The Balaban J connectivity index is 2.61. The van der Waals surface area contributed by atoms with E-state index >= 15 is 0 Å². The minimum atomic E-state index is 0.870. The first-order valence-electron chi connectivity index (χ1n) is 2.81. The van der Waals surface area contributed by atoms with Crippen molar-refractivity contribution in [2.75, 3.05) is 4.36 Å². The van der Waals surface area contributed by atoms with Gasteiger partial charge in [-0.1, -0.05) is 0 Å². The van der Waals surface area contributed by atoms with Crippen LogP contribution in [0.1, 0.15) is 0 Å². The van der Waals surface area contributed by atoms with Gasteiger partial charge in [0.25, 0.3) is 0 Å². The van der Waals surface area contributed by atoms with E-state index in [1.165, 1.54) is 0 Å². The summed E-state index contributed by atoms with van der Waals surface area (Å²) in [7, 11) is 0. The fourth-order valence-electron chi connectivity index (χ4n) is 0.613. The third-order valence-corrected chi connectivity index (χ3v) is 1.47. The summed E-state index contributed by atoms with van der Waals surface area (Å²) in [6.45, 7) is 0. The van der Waals surface area contributed by atoms with Crippen LogP contribution in [0.4, 0.5) is 0 Å². The second-order valence-corrected chi connectivity index (χ2v) is 2.58. The molecule has 2 radical (unpaired) electrons. The zero-order valence-corrected chi connectivity index (χ0v) is 8.38.